The van der Waals surface area contributed by atoms with E-state index in [9.17, 15) is 19.5 Å². The number of benzene rings is 3. The molecule has 1 saturated heterocycles. The summed E-state index contributed by atoms with van der Waals surface area (Å²) in [5.41, 5.74) is 0.0165. The Kier molecular flexibility index (Phi) is 9.29. The molecule has 4 aromatic rings. The molecule has 0 aliphatic carbocycles. The third-order valence-corrected chi connectivity index (χ3v) is 7.62. The Labute approximate surface area is 253 Å². The highest BCUT2D eigenvalue weighted by Crippen LogP contribution is 2.42. The van der Waals surface area contributed by atoms with Crippen molar-refractivity contribution in [3.05, 3.63) is 128 Å². The topological polar surface area (TPSA) is 138 Å². The zero-order chi connectivity index (χ0) is 31.3. The summed E-state index contributed by atoms with van der Waals surface area (Å²) in [5, 5.41) is 11.1. The molecule has 2 heterocycles. The lowest BCUT2D eigenvalue weighted by atomic mass is 9.80. The number of H-pyrrole nitrogens is 1. The fourth-order valence-corrected chi connectivity index (χ4v) is 5.34. The number of nitrogens with zero attached hydrogens (tertiary/aromatic N) is 1. The van der Waals surface area contributed by atoms with Gasteiger partial charge in [0.1, 0.15) is 36.0 Å². The number of hydrogen-bond donors (Lipinski definition) is 2. The van der Waals surface area contributed by atoms with Crippen LogP contribution in [0.3, 0.4) is 0 Å². The van der Waals surface area contributed by atoms with Crippen molar-refractivity contribution < 1.29 is 33.6 Å². The monoisotopic (exact) mass is 602 g/mol. The van der Waals surface area contributed by atoms with Gasteiger partial charge < -0.3 is 28.8 Å². The van der Waals surface area contributed by atoms with Crippen LogP contribution < -0.4 is 20.7 Å². The Hall–Kier alpha value is -4.71. The highest BCUT2D eigenvalue weighted by molar-refractivity contribution is 5.65. The molecule has 0 amide bonds. The Morgan fingerprint density at radius 2 is 1.50 bits per heavy atom. The lowest BCUT2D eigenvalue weighted by molar-refractivity contribution is -0.142. The quantitative estimate of drug-likeness (QED) is 0.196. The second kappa shape index (κ2) is 13.3. The molecule has 11 nitrogen and oxygen atoms in total. The maximum absolute atomic E-state index is 12.7. The summed E-state index contributed by atoms with van der Waals surface area (Å²) in [6.07, 6.45) is -1.36. The van der Waals surface area contributed by atoms with Gasteiger partial charge in [-0.05, 0) is 41.0 Å². The fourth-order valence-electron chi connectivity index (χ4n) is 5.34. The largest absolute Gasteiger partial charge is 0.497 e. The molecule has 230 valence electrons. The van der Waals surface area contributed by atoms with E-state index in [4.69, 9.17) is 23.7 Å². The van der Waals surface area contributed by atoms with E-state index in [0.29, 0.717) is 11.5 Å². The van der Waals surface area contributed by atoms with Crippen LogP contribution in [0.2, 0.25) is 0 Å². The van der Waals surface area contributed by atoms with Crippen LogP contribution in [0.4, 0.5) is 0 Å². The summed E-state index contributed by atoms with van der Waals surface area (Å²) in [6, 6.07) is 24.8. The van der Waals surface area contributed by atoms with Crippen molar-refractivity contribution in [3.63, 3.8) is 0 Å². The minimum Gasteiger partial charge on any atom is -0.497 e. The first-order valence-corrected chi connectivity index (χ1v) is 14.0. The molecule has 3 atom stereocenters. The lowest BCUT2D eigenvalue weighted by Crippen LogP contribution is -2.38. The van der Waals surface area contributed by atoms with Crippen LogP contribution in [0.15, 0.2) is 94.6 Å². The van der Waals surface area contributed by atoms with E-state index in [1.165, 1.54) is 17.7 Å². The molecule has 44 heavy (non-hydrogen) atoms. The number of rotatable bonds is 11. The van der Waals surface area contributed by atoms with Crippen LogP contribution in [-0.4, -0.2) is 53.7 Å². The number of aliphatic hydroxyl groups excluding tert-OH is 1. The number of esters is 1. The van der Waals surface area contributed by atoms with E-state index in [1.807, 2.05) is 78.9 Å². The van der Waals surface area contributed by atoms with Gasteiger partial charge in [0, 0.05) is 19.5 Å². The second-order valence-corrected chi connectivity index (χ2v) is 10.3. The predicted molar refractivity (Wildman–Crippen MR) is 160 cm³/mol. The van der Waals surface area contributed by atoms with Gasteiger partial charge in [0.25, 0.3) is 5.56 Å². The number of aromatic amines is 1. The molecule has 1 aromatic heterocycles. The Balaban J connectivity index is 1.49. The molecule has 0 spiro atoms. The van der Waals surface area contributed by atoms with E-state index < -0.39 is 41.3 Å². The average molecular weight is 603 g/mol. The Bertz CT molecular complexity index is 1630. The first-order valence-electron chi connectivity index (χ1n) is 14.0. The maximum Gasteiger partial charge on any atom is 0.330 e. The van der Waals surface area contributed by atoms with Crippen LogP contribution in [0.1, 0.15) is 41.8 Å². The summed E-state index contributed by atoms with van der Waals surface area (Å²) in [7, 11) is 3.20. The summed E-state index contributed by atoms with van der Waals surface area (Å²) in [5.74, 6) is 0.798. The second-order valence-electron chi connectivity index (χ2n) is 10.3. The van der Waals surface area contributed by atoms with Crippen molar-refractivity contribution in [3.8, 4) is 11.5 Å². The summed E-state index contributed by atoms with van der Waals surface area (Å²) >= 11 is 0. The van der Waals surface area contributed by atoms with Crippen molar-refractivity contribution in [2.75, 3.05) is 20.8 Å². The molecule has 1 fully saturated rings. The van der Waals surface area contributed by atoms with E-state index >= 15 is 0 Å². The van der Waals surface area contributed by atoms with Crippen molar-refractivity contribution >= 4 is 5.97 Å². The van der Waals surface area contributed by atoms with Gasteiger partial charge >= 0.3 is 11.7 Å². The molecular formula is C33H34N2O9. The van der Waals surface area contributed by atoms with Gasteiger partial charge in [0.05, 0.1) is 32.5 Å². The predicted octanol–water partition coefficient (Wildman–Crippen LogP) is 3.27. The molecule has 0 saturated carbocycles. The van der Waals surface area contributed by atoms with Crippen LogP contribution >= 0.6 is 0 Å². The van der Waals surface area contributed by atoms with E-state index in [1.54, 1.807) is 14.2 Å². The highest BCUT2D eigenvalue weighted by atomic mass is 16.6. The summed E-state index contributed by atoms with van der Waals surface area (Å²) < 4.78 is 29.9. The molecule has 1 aliphatic rings. The van der Waals surface area contributed by atoms with Gasteiger partial charge in [-0.15, -0.1) is 0 Å². The van der Waals surface area contributed by atoms with E-state index in [-0.39, 0.29) is 25.2 Å². The van der Waals surface area contributed by atoms with Crippen molar-refractivity contribution in [1.29, 1.82) is 0 Å². The lowest BCUT2D eigenvalue weighted by Gasteiger charge is -2.37. The summed E-state index contributed by atoms with van der Waals surface area (Å²) in [4.78, 5) is 38.4. The molecule has 0 unspecified atom stereocenters. The molecule has 5 rings (SSSR count). The third-order valence-electron chi connectivity index (χ3n) is 7.62. The molecule has 2 N–H and O–H groups in total. The zero-order valence-corrected chi connectivity index (χ0v) is 24.6. The first kappa shape index (κ1) is 30.7. The van der Waals surface area contributed by atoms with E-state index in [2.05, 4.69) is 4.98 Å². The Morgan fingerprint density at radius 3 is 2.05 bits per heavy atom. The molecular weight excluding hydrogens is 568 g/mol. The first-order chi connectivity index (χ1) is 21.2. The van der Waals surface area contributed by atoms with Crippen molar-refractivity contribution in [1.82, 2.24) is 9.55 Å². The SMILES string of the molecule is COc1ccc(C(OC[C@H]2O[C@@H](n3cc(COC(C)=O)c(=O)[nH]c3=O)C[C@@H]2O)(c2ccccc2)c2ccc(OC)cc2)cc1. The number of ether oxygens (including phenoxy) is 5. The summed E-state index contributed by atoms with van der Waals surface area (Å²) in [6.45, 7) is 0.859. The smallest absolute Gasteiger partial charge is 0.330 e. The molecule has 0 radical (unpaired) electrons. The molecule has 1 aliphatic heterocycles. The van der Waals surface area contributed by atoms with Gasteiger partial charge in [-0.25, -0.2) is 4.79 Å². The van der Waals surface area contributed by atoms with Crippen LogP contribution in [0, 0.1) is 0 Å². The standard InChI is InChI=1S/C33H34N2O9/c1-21(36)42-19-22-18-35(32(39)34-31(22)38)30-17-28(37)29(44-30)20-43-33(23-7-5-4-6-8-23,24-9-13-26(40-2)14-10-24)25-11-15-27(41-3)16-12-25/h4-16,18,28-30,37H,17,19-20H2,1-3H3,(H,34,38,39)/t28-,29+,30+/m0/s1. The number of methoxy groups -OCH3 is 2. The number of carbonyl (C=O) groups is 1. The minimum atomic E-state index is -1.13. The number of aliphatic hydroxyl groups is 1. The normalized spacial score (nSPS) is 18.1. The third kappa shape index (κ3) is 6.30. The van der Waals surface area contributed by atoms with E-state index in [0.717, 1.165) is 16.7 Å². The van der Waals surface area contributed by atoms with Crippen molar-refractivity contribution in [2.24, 2.45) is 0 Å². The Morgan fingerprint density at radius 1 is 0.932 bits per heavy atom. The van der Waals surface area contributed by atoms with Gasteiger partial charge in [-0.3, -0.25) is 19.1 Å². The zero-order valence-electron chi connectivity index (χ0n) is 24.6. The number of nitrogens with one attached hydrogen (secondary N) is 1. The van der Waals surface area contributed by atoms with Gasteiger partial charge in [0.15, 0.2) is 0 Å². The van der Waals surface area contributed by atoms with Crippen LogP contribution in [-0.2, 0) is 31.2 Å². The van der Waals surface area contributed by atoms with Gasteiger partial charge in [-0.2, -0.15) is 0 Å². The molecule has 11 heteroatoms. The van der Waals surface area contributed by atoms with Crippen LogP contribution in [0.25, 0.3) is 0 Å². The number of aromatic nitrogens is 2. The molecule has 0 bridgehead atoms. The fraction of sp³-hybridized carbons (Fsp3) is 0.303. The number of hydrogen-bond acceptors (Lipinski definition) is 9. The molecule has 3 aromatic carbocycles. The van der Waals surface area contributed by atoms with Crippen molar-refractivity contribution in [2.45, 2.75) is 44.0 Å². The van der Waals surface area contributed by atoms with Gasteiger partial charge in [-0.1, -0.05) is 54.6 Å². The van der Waals surface area contributed by atoms with Crippen LogP contribution in [0.5, 0.6) is 11.5 Å². The minimum absolute atomic E-state index is 0.0526. The van der Waals surface area contributed by atoms with Gasteiger partial charge in [0.2, 0.25) is 0 Å². The highest BCUT2D eigenvalue weighted by Gasteiger charge is 2.42. The average Bonchev–Trinajstić information content (AvgIpc) is 3.41. The number of carbonyl (C=O) groups excluding carboxylic acids is 1. The maximum atomic E-state index is 12.7.